The van der Waals surface area contributed by atoms with Crippen molar-refractivity contribution in [3.05, 3.63) is 112 Å². The van der Waals surface area contributed by atoms with Crippen molar-refractivity contribution in [1.29, 1.82) is 0 Å². The van der Waals surface area contributed by atoms with Gasteiger partial charge in [0, 0.05) is 42.3 Å². The maximum absolute atomic E-state index is 13.0. The van der Waals surface area contributed by atoms with Crippen molar-refractivity contribution < 1.29 is 4.79 Å². The van der Waals surface area contributed by atoms with Gasteiger partial charge in [0.25, 0.3) is 0 Å². The molecule has 5 nitrogen and oxygen atoms in total. The molecule has 3 aromatic carbocycles. The topological polar surface area (TPSA) is 48.5 Å². The van der Waals surface area contributed by atoms with E-state index in [1.54, 1.807) is 0 Å². The summed E-state index contributed by atoms with van der Waals surface area (Å²) in [6, 6.07) is 28.9. The van der Waals surface area contributed by atoms with Crippen molar-refractivity contribution in [3.8, 4) is 0 Å². The Hall–Kier alpha value is -3.19. The van der Waals surface area contributed by atoms with Crippen molar-refractivity contribution in [1.82, 2.24) is 14.8 Å². The molecule has 0 unspecified atom stereocenters. The number of nitrogens with one attached hydrogen (secondary N) is 1. The van der Waals surface area contributed by atoms with Gasteiger partial charge in [-0.15, -0.1) is 11.3 Å². The number of amides is 1. The summed E-state index contributed by atoms with van der Waals surface area (Å²) in [7, 11) is 0. The molecule has 1 aromatic heterocycles. The summed E-state index contributed by atoms with van der Waals surface area (Å²) in [4.78, 5) is 22.1. The lowest BCUT2D eigenvalue weighted by atomic mass is 9.96. The van der Waals surface area contributed by atoms with E-state index in [0.29, 0.717) is 24.5 Å². The van der Waals surface area contributed by atoms with Gasteiger partial charge in [0.15, 0.2) is 5.13 Å². The highest BCUT2D eigenvalue weighted by Crippen LogP contribution is 2.30. The van der Waals surface area contributed by atoms with Crippen LogP contribution in [-0.4, -0.2) is 46.9 Å². The first-order valence-corrected chi connectivity index (χ1v) is 13.0. The number of benzene rings is 3. The number of aromatic nitrogens is 1. The lowest BCUT2D eigenvalue weighted by Gasteiger charge is -2.39. The SMILES string of the molecule is O=C(Cc1csc(Nc2cccc(Cl)c2)n1)N1CCN(C(c2ccccc2)c2ccccc2)CC1. The number of thiazole rings is 1. The molecule has 0 atom stereocenters. The van der Waals surface area contributed by atoms with Gasteiger partial charge in [0.05, 0.1) is 18.2 Å². The van der Waals surface area contributed by atoms with Crippen LogP contribution in [0.4, 0.5) is 10.8 Å². The average Bonchev–Trinajstić information content (AvgIpc) is 3.32. The van der Waals surface area contributed by atoms with Crippen molar-refractivity contribution in [2.75, 3.05) is 31.5 Å². The second-order valence-corrected chi connectivity index (χ2v) is 9.89. The third-order valence-electron chi connectivity index (χ3n) is 6.22. The number of nitrogens with zero attached hydrogens (tertiary/aromatic N) is 3. The Balaban J connectivity index is 1.20. The van der Waals surface area contributed by atoms with Gasteiger partial charge in [-0.25, -0.2) is 4.98 Å². The highest BCUT2D eigenvalue weighted by atomic mass is 35.5. The van der Waals surface area contributed by atoms with Crippen LogP contribution in [0.5, 0.6) is 0 Å². The van der Waals surface area contributed by atoms with Crippen LogP contribution in [0, 0.1) is 0 Å². The van der Waals surface area contributed by atoms with E-state index in [1.165, 1.54) is 22.5 Å². The average molecular weight is 503 g/mol. The first-order valence-electron chi connectivity index (χ1n) is 11.7. The summed E-state index contributed by atoms with van der Waals surface area (Å²) in [6.45, 7) is 3.09. The Morgan fingerprint density at radius 2 is 1.57 bits per heavy atom. The van der Waals surface area contributed by atoms with Gasteiger partial charge in [0.1, 0.15) is 0 Å². The number of anilines is 2. The normalized spacial score (nSPS) is 14.3. The number of carbonyl (C=O) groups excluding carboxylic acids is 1. The first kappa shape index (κ1) is 23.5. The first-order chi connectivity index (χ1) is 17.2. The lowest BCUT2D eigenvalue weighted by Crippen LogP contribution is -2.50. The van der Waals surface area contributed by atoms with Crippen molar-refractivity contribution >= 4 is 39.7 Å². The fraction of sp³-hybridized carbons (Fsp3) is 0.214. The maximum Gasteiger partial charge on any atom is 0.228 e. The predicted octanol–water partition coefficient (Wildman–Crippen LogP) is 6.02. The van der Waals surface area contributed by atoms with Crippen LogP contribution < -0.4 is 5.32 Å². The number of rotatable bonds is 7. The number of piperazine rings is 1. The van der Waals surface area contributed by atoms with E-state index < -0.39 is 0 Å². The van der Waals surface area contributed by atoms with Gasteiger partial charge in [-0.3, -0.25) is 9.69 Å². The number of halogens is 1. The quantitative estimate of drug-likeness (QED) is 0.336. The van der Waals surface area contributed by atoms with E-state index in [0.717, 1.165) is 29.6 Å². The van der Waals surface area contributed by atoms with Crippen molar-refractivity contribution in [3.63, 3.8) is 0 Å². The minimum Gasteiger partial charge on any atom is -0.340 e. The molecule has 0 saturated carbocycles. The van der Waals surface area contributed by atoms with Crippen LogP contribution in [0.15, 0.2) is 90.3 Å². The molecule has 178 valence electrons. The fourth-order valence-corrected chi connectivity index (χ4v) is 5.44. The Morgan fingerprint density at radius 1 is 0.914 bits per heavy atom. The third kappa shape index (κ3) is 5.90. The molecule has 1 N–H and O–H groups in total. The van der Waals surface area contributed by atoms with E-state index in [4.69, 9.17) is 11.6 Å². The summed E-state index contributed by atoms with van der Waals surface area (Å²) in [6.07, 6.45) is 0.314. The van der Waals surface area contributed by atoms with E-state index in [1.807, 2.05) is 34.5 Å². The molecule has 0 radical (unpaired) electrons. The summed E-state index contributed by atoms with van der Waals surface area (Å²) in [5.41, 5.74) is 4.23. The zero-order chi connectivity index (χ0) is 24.0. The monoisotopic (exact) mass is 502 g/mol. The third-order valence-corrected chi connectivity index (χ3v) is 7.26. The molecule has 7 heteroatoms. The Morgan fingerprint density at radius 3 is 2.20 bits per heavy atom. The van der Waals surface area contributed by atoms with Gasteiger partial charge in [0.2, 0.25) is 5.91 Å². The second kappa shape index (κ2) is 11.0. The van der Waals surface area contributed by atoms with Crippen LogP contribution in [0.25, 0.3) is 0 Å². The molecule has 0 spiro atoms. The van der Waals surface area contributed by atoms with Crippen molar-refractivity contribution in [2.45, 2.75) is 12.5 Å². The predicted molar refractivity (Wildman–Crippen MR) is 143 cm³/mol. The van der Waals surface area contributed by atoms with Crippen LogP contribution in [0.3, 0.4) is 0 Å². The largest absolute Gasteiger partial charge is 0.340 e. The Kier molecular flexibility index (Phi) is 7.42. The Labute approximate surface area is 215 Å². The van der Waals surface area contributed by atoms with E-state index in [2.05, 4.69) is 75.9 Å². The van der Waals surface area contributed by atoms with E-state index >= 15 is 0 Å². The molecule has 1 amide bonds. The molecule has 4 aromatic rings. The molecule has 0 aliphatic carbocycles. The number of carbonyl (C=O) groups is 1. The summed E-state index contributed by atoms with van der Waals surface area (Å²) < 4.78 is 0. The fourth-order valence-electron chi connectivity index (χ4n) is 4.52. The molecular formula is C28H27ClN4OS. The van der Waals surface area contributed by atoms with Gasteiger partial charge >= 0.3 is 0 Å². The molecule has 1 saturated heterocycles. The van der Waals surface area contributed by atoms with Crippen LogP contribution in [-0.2, 0) is 11.2 Å². The molecule has 2 heterocycles. The zero-order valence-electron chi connectivity index (χ0n) is 19.3. The van der Waals surface area contributed by atoms with E-state index in [-0.39, 0.29) is 11.9 Å². The molecular weight excluding hydrogens is 476 g/mol. The van der Waals surface area contributed by atoms with Gasteiger partial charge in [-0.05, 0) is 29.3 Å². The minimum absolute atomic E-state index is 0.125. The van der Waals surface area contributed by atoms with Crippen molar-refractivity contribution in [2.24, 2.45) is 0 Å². The zero-order valence-corrected chi connectivity index (χ0v) is 20.9. The smallest absolute Gasteiger partial charge is 0.228 e. The molecule has 1 fully saturated rings. The number of hydrogen-bond donors (Lipinski definition) is 1. The molecule has 1 aliphatic rings. The minimum atomic E-state index is 0.125. The lowest BCUT2D eigenvalue weighted by molar-refractivity contribution is -0.132. The summed E-state index contributed by atoms with van der Waals surface area (Å²) >= 11 is 7.55. The Bertz CT molecular complexity index is 1220. The van der Waals surface area contributed by atoms with E-state index in [9.17, 15) is 4.79 Å². The highest BCUT2D eigenvalue weighted by Gasteiger charge is 2.28. The van der Waals surface area contributed by atoms with Crippen LogP contribution >= 0.6 is 22.9 Å². The maximum atomic E-state index is 13.0. The van der Waals surface area contributed by atoms with Gasteiger partial charge in [-0.1, -0.05) is 78.3 Å². The summed E-state index contributed by atoms with van der Waals surface area (Å²) in [5.74, 6) is 0.125. The van der Waals surface area contributed by atoms with Gasteiger partial charge < -0.3 is 10.2 Å². The van der Waals surface area contributed by atoms with Crippen LogP contribution in [0.2, 0.25) is 5.02 Å². The van der Waals surface area contributed by atoms with Crippen LogP contribution in [0.1, 0.15) is 22.9 Å². The highest BCUT2D eigenvalue weighted by molar-refractivity contribution is 7.13. The molecule has 35 heavy (non-hydrogen) atoms. The molecule has 5 rings (SSSR count). The van der Waals surface area contributed by atoms with Gasteiger partial charge in [-0.2, -0.15) is 0 Å². The second-order valence-electron chi connectivity index (χ2n) is 8.60. The number of hydrogen-bond acceptors (Lipinski definition) is 5. The standard InChI is InChI=1S/C28H27ClN4OS/c29-23-12-7-13-24(18-23)30-28-31-25(20-35-28)19-26(34)32-14-16-33(17-15-32)27(21-8-3-1-4-9-21)22-10-5-2-6-11-22/h1-13,18,20,27H,14-17,19H2,(H,30,31). The summed E-state index contributed by atoms with van der Waals surface area (Å²) in [5, 5.41) is 6.63. The molecule has 1 aliphatic heterocycles. The molecule has 0 bridgehead atoms.